The average molecular weight is 465 g/mol. The molecule has 0 saturated carbocycles. The van der Waals surface area contributed by atoms with Crippen LogP contribution in [0.4, 0.5) is 10.1 Å². The van der Waals surface area contributed by atoms with Crippen molar-refractivity contribution in [3.05, 3.63) is 93.4 Å². The molecule has 1 atom stereocenters. The molecular weight excluding hydrogens is 435 g/mol. The van der Waals surface area contributed by atoms with E-state index in [4.69, 9.17) is 0 Å². The van der Waals surface area contributed by atoms with Crippen molar-refractivity contribution >= 4 is 17.4 Å². The van der Waals surface area contributed by atoms with E-state index in [1.54, 1.807) is 36.9 Å². The molecule has 178 valence electrons. The average Bonchev–Trinajstić information content (AvgIpc) is 2.85. The predicted molar refractivity (Wildman–Crippen MR) is 130 cm³/mol. The summed E-state index contributed by atoms with van der Waals surface area (Å²) in [5.41, 5.74) is 2.07. The molecule has 34 heavy (non-hydrogen) atoms. The Labute approximate surface area is 198 Å². The SMILES string of the molecule is CCCCc1ccc(NC(=O)[C@H](C)NC)c(=O)n1Cc1cncc(C(=O)c2ccc(F)cc2)c1. The predicted octanol–water partition coefficient (Wildman–Crippen LogP) is 3.55. The van der Waals surface area contributed by atoms with Gasteiger partial charge < -0.3 is 15.2 Å². The Morgan fingerprint density at radius 3 is 2.50 bits per heavy atom. The van der Waals surface area contributed by atoms with Crippen molar-refractivity contribution in [2.24, 2.45) is 0 Å². The first-order valence-electron chi connectivity index (χ1n) is 11.3. The standard InChI is InChI=1S/C26H29FN4O3/c1-4-5-6-22-11-12-23(30-25(33)17(2)28-3)26(34)31(22)16-18-13-20(15-29-14-18)24(32)19-7-9-21(27)10-8-19/h7-15,17,28H,4-6,16H2,1-3H3,(H,30,33)/t17-/m0/s1. The van der Waals surface area contributed by atoms with E-state index >= 15 is 0 Å². The number of carbonyl (C=O) groups excluding carboxylic acids is 2. The Balaban J connectivity index is 1.93. The molecule has 0 unspecified atom stereocenters. The van der Waals surface area contributed by atoms with Crippen molar-refractivity contribution in [2.45, 2.75) is 45.7 Å². The van der Waals surface area contributed by atoms with Gasteiger partial charge >= 0.3 is 0 Å². The zero-order valence-electron chi connectivity index (χ0n) is 19.6. The maximum absolute atomic E-state index is 13.3. The summed E-state index contributed by atoms with van der Waals surface area (Å²) < 4.78 is 14.8. The van der Waals surface area contributed by atoms with Crippen LogP contribution in [0.1, 0.15) is 53.9 Å². The van der Waals surface area contributed by atoms with Crippen LogP contribution in [0.25, 0.3) is 0 Å². The van der Waals surface area contributed by atoms with Crippen LogP contribution in [0, 0.1) is 5.82 Å². The first-order chi connectivity index (χ1) is 16.3. The lowest BCUT2D eigenvalue weighted by atomic mass is 10.0. The highest BCUT2D eigenvalue weighted by Crippen LogP contribution is 2.15. The minimum Gasteiger partial charge on any atom is -0.320 e. The quantitative estimate of drug-likeness (QED) is 0.448. The molecule has 2 N–H and O–H groups in total. The van der Waals surface area contributed by atoms with E-state index in [1.165, 1.54) is 30.5 Å². The lowest BCUT2D eigenvalue weighted by molar-refractivity contribution is -0.117. The zero-order chi connectivity index (χ0) is 24.7. The van der Waals surface area contributed by atoms with Crippen molar-refractivity contribution in [1.29, 1.82) is 0 Å². The summed E-state index contributed by atoms with van der Waals surface area (Å²) in [6.45, 7) is 3.98. The number of benzene rings is 1. The van der Waals surface area contributed by atoms with E-state index in [0.29, 0.717) is 23.1 Å². The third kappa shape index (κ3) is 6.02. The number of carbonyl (C=O) groups is 2. The molecule has 0 radical (unpaired) electrons. The first kappa shape index (κ1) is 25.0. The second kappa shape index (κ2) is 11.5. The highest BCUT2D eigenvalue weighted by Gasteiger charge is 2.16. The van der Waals surface area contributed by atoms with Gasteiger partial charge in [-0.15, -0.1) is 0 Å². The molecule has 8 heteroatoms. The maximum atomic E-state index is 13.3. The molecule has 7 nitrogen and oxygen atoms in total. The molecule has 0 bridgehead atoms. The van der Waals surface area contributed by atoms with E-state index in [0.717, 1.165) is 18.5 Å². The van der Waals surface area contributed by atoms with E-state index in [9.17, 15) is 18.8 Å². The van der Waals surface area contributed by atoms with Crippen molar-refractivity contribution in [2.75, 3.05) is 12.4 Å². The summed E-state index contributed by atoms with van der Waals surface area (Å²) in [7, 11) is 1.67. The maximum Gasteiger partial charge on any atom is 0.274 e. The van der Waals surface area contributed by atoms with Gasteiger partial charge in [0.05, 0.1) is 12.6 Å². The zero-order valence-corrected chi connectivity index (χ0v) is 19.6. The number of halogens is 1. The molecule has 0 aliphatic rings. The van der Waals surface area contributed by atoms with Gasteiger partial charge in [-0.05, 0) is 74.8 Å². The third-order valence-electron chi connectivity index (χ3n) is 5.64. The van der Waals surface area contributed by atoms with Crippen molar-refractivity contribution in [3.8, 4) is 0 Å². The van der Waals surface area contributed by atoms with E-state index in [-0.39, 0.29) is 29.5 Å². The minimum atomic E-state index is -0.453. The Morgan fingerprint density at radius 1 is 1.09 bits per heavy atom. The van der Waals surface area contributed by atoms with Crippen molar-refractivity contribution < 1.29 is 14.0 Å². The van der Waals surface area contributed by atoms with E-state index < -0.39 is 11.9 Å². The number of ketones is 1. The van der Waals surface area contributed by atoms with Gasteiger partial charge in [0.2, 0.25) is 5.91 Å². The molecule has 0 aliphatic heterocycles. The van der Waals surface area contributed by atoms with Gasteiger partial charge in [-0.25, -0.2) is 4.39 Å². The normalized spacial score (nSPS) is 11.8. The number of aryl methyl sites for hydroxylation is 1. The van der Waals surface area contributed by atoms with E-state index in [1.807, 2.05) is 6.07 Å². The number of amides is 1. The van der Waals surface area contributed by atoms with Crippen molar-refractivity contribution in [1.82, 2.24) is 14.9 Å². The number of anilines is 1. The molecule has 1 amide bonds. The molecule has 0 saturated heterocycles. The lowest BCUT2D eigenvalue weighted by Gasteiger charge is -2.16. The number of pyridine rings is 2. The van der Waals surface area contributed by atoms with Crippen LogP contribution in [0.5, 0.6) is 0 Å². The van der Waals surface area contributed by atoms with Crippen LogP contribution in [0.2, 0.25) is 0 Å². The molecular formula is C26H29FN4O3. The van der Waals surface area contributed by atoms with Gasteiger partial charge in [0.25, 0.3) is 5.56 Å². The summed E-state index contributed by atoms with van der Waals surface area (Å²) in [5, 5.41) is 5.54. The number of aromatic nitrogens is 2. The molecule has 2 aromatic heterocycles. The van der Waals surface area contributed by atoms with E-state index in [2.05, 4.69) is 22.5 Å². The number of rotatable bonds is 10. The fourth-order valence-corrected chi connectivity index (χ4v) is 3.48. The molecule has 0 spiro atoms. The Bertz CT molecular complexity index is 1220. The Kier molecular flexibility index (Phi) is 8.43. The lowest BCUT2D eigenvalue weighted by Crippen LogP contribution is -2.38. The van der Waals surface area contributed by atoms with Gasteiger partial charge in [0.15, 0.2) is 5.78 Å². The summed E-state index contributed by atoms with van der Waals surface area (Å²) >= 11 is 0. The molecule has 3 aromatic rings. The topological polar surface area (TPSA) is 93.1 Å². The minimum absolute atomic E-state index is 0.193. The van der Waals surface area contributed by atoms with Gasteiger partial charge in [-0.3, -0.25) is 19.4 Å². The third-order valence-corrected chi connectivity index (χ3v) is 5.64. The van der Waals surface area contributed by atoms with Crippen LogP contribution in [0.3, 0.4) is 0 Å². The number of hydrogen-bond acceptors (Lipinski definition) is 5. The number of hydrogen-bond donors (Lipinski definition) is 2. The summed E-state index contributed by atoms with van der Waals surface area (Å²) in [4.78, 5) is 42.6. The number of nitrogens with one attached hydrogen (secondary N) is 2. The summed E-state index contributed by atoms with van der Waals surface area (Å²) in [6.07, 6.45) is 5.63. The van der Waals surface area contributed by atoms with Gasteiger partial charge in [0.1, 0.15) is 11.5 Å². The van der Waals surface area contributed by atoms with Gasteiger partial charge in [-0.1, -0.05) is 13.3 Å². The molecule has 1 aromatic carbocycles. The smallest absolute Gasteiger partial charge is 0.274 e. The number of unbranched alkanes of at least 4 members (excludes halogenated alkanes) is 1. The summed E-state index contributed by atoms with van der Waals surface area (Å²) in [6, 6.07) is 10.0. The molecule has 0 aliphatic carbocycles. The largest absolute Gasteiger partial charge is 0.320 e. The van der Waals surface area contributed by atoms with Crippen molar-refractivity contribution in [3.63, 3.8) is 0 Å². The first-order valence-corrected chi connectivity index (χ1v) is 11.3. The van der Waals surface area contributed by atoms with Gasteiger partial charge in [0, 0.05) is 29.2 Å². The van der Waals surface area contributed by atoms with Gasteiger partial charge in [-0.2, -0.15) is 0 Å². The molecule has 0 fully saturated rings. The van der Waals surface area contributed by atoms with Crippen LogP contribution in [-0.2, 0) is 17.8 Å². The molecule has 2 heterocycles. The monoisotopic (exact) mass is 464 g/mol. The fraction of sp³-hybridized carbons (Fsp3) is 0.308. The second-order valence-corrected chi connectivity index (χ2v) is 8.15. The van der Waals surface area contributed by atoms with Crippen LogP contribution in [-0.4, -0.2) is 34.3 Å². The Morgan fingerprint density at radius 2 is 1.82 bits per heavy atom. The number of likely N-dealkylation sites (N-methyl/N-ethyl adjacent to an activating group) is 1. The van der Waals surface area contributed by atoms with Crippen LogP contribution < -0.4 is 16.2 Å². The second-order valence-electron chi connectivity index (χ2n) is 8.15. The van der Waals surface area contributed by atoms with Crippen LogP contribution >= 0.6 is 0 Å². The molecule has 3 rings (SSSR count). The highest BCUT2D eigenvalue weighted by molar-refractivity contribution is 6.08. The highest BCUT2D eigenvalue weighted by atomic mass is 19.1. The van der Waals surface area contributed by atoms with Crippen LogP contribution in [0.15, 0.2) is 59.7 Å². The fourth-order valence-electron chi connectivity index (χ4n) is 3.48. The Hall–Kier alpha value is -3.65. The summed E-state index contributed by atoms with van der Waals surface area (Å²) in [5.74, 6) is -1.01. The number of nitrogens with zero attached hydrogens (tertiary/aromatic N) is 2.